The fourth-order valence-corrected chi connectivity index (χ4v) is 1.92. The van der Waals surface area contributed by atoms with Crippen molar-refractivity contribution >= 4 is 0 Å². The summed E-state index contributed by atoms with van der Waals surface area (Å²) in [6.07, 6.45) is 1.09. The lowest BCUT2D eigenvalue weighted by Gasteiger charge is -2.12. The van der Waals surface area contributed by atoms with E-state index in [9.17, 15) is 0 Å². The number of benzene rings is 2. The van der Waals surface area contributed by atoms with Gasteiger partial charge in [-0.2, -0.15) is 0 Å². The molecule has 1 unspecified atom stereocenters. The number of hydrogen-bond acceptors (Lipinski definition) is 0. The topological polar surface area (TPSA) is 0 Å². The van der Waals surface area contributed by atoms with E-state index in [-0.39, 0.29) is 0 Å². The Bertz CT molecular complexity index is 425. The third-order valence-corrected chi connectivity index (χ3v) is 2.98. The average molecular weight is 209 g/mol. The summed E-state index contributed by atoms with van der Waals surface area (Å²) < 4.78 is 0. The minimum atomic E-state index is 0.572. The van der Waals surface area contributed by atoms with Gasteiger partial charge in [0.1, 0.15) is 0 Å². The van der Waals surface area contributed by atoms with Crippen LogP contribution in [-0.4, -0.2) is 0 Å². The van der Waals surface area contributed by atoms with Crippen LogP contribution in [-0.2, 0) is 6.42 Å². The highest BCUT2D eigenvalue weighted by Crippen LogP contribution is 2.20. The molecule has 0 spiro atoms. The summed E-state index contributed by atoms with van der Waals surface area (Å²) in [5.41, 5.74) is 4.12. The molecular formula is C16H17. The van der Waals surface area contributed by atoms with E-state index in [2.05, 4.69) is 56.3 Å². The zero-order valence-electron chi connectivity index (χ0n) is 9.90. The molecule has 0 nitrogen and oxygen atoms in total. The Morgan fingerprint density at radius 3 is 2.25 bits per heavy atom. The van der Waals surface area contributed by atoms with Crippen LogP contribution in [0.3, 0.4) is 0 Å². The summed E-state index contributed by atoms with van der Waals surface area (Å²) >= 11 is 0. The van der Waals surface area contributed by atoms with E-state index >= 15 is 0 Å². The molecule has 2 rings (SSSR count). The first-order chi connectivity index (χ1) is 7.75. The molecule has 0 aliphatic rings. The first-order valence-electron chi connectivity index (χ1n) is 5.77. The van der Waals surface area contributed by atoms with E-state index in [1.165, 1.54) is 16.7 Å². The van der Waals surface area contributed by atoms with Crippen LogP contribution in [0.5, 0.6) is 0 Å². The average Bonchev–Trinajstić information content (AvgIpc) is 2.31. The SMILES string of the molecule is Cc1ccc(C(C)Cc2cc[c]cc2)cc1. The van der Waals surface area contributed by atoms with Crippen molar-refractivity contribution in [2.45, 2.75) is 26.2 Å². The van der Waals surface area contributed by atoms with Crippen LogP contribution in [0, 0.1) is 13.0 Å². The van der Waals surface area contributed by atoms with E-state index in [1.807, 2.05) is 12.1 Å². The lowest BCUT2D eigenvalue weighted by atomic mass is 9.93. The van der Waals surface area contributed by atoms with Crippen LogP contribution in [0.2, 0.25) is 0 Å². The zero-order valence-corrected chi connectivity index (χ0v) is 9.90. The van der Waals surface area contributed by atoms with Crippen LogP contribution >= 0.6 is 0 Å². The Balaban J connectivity index is 2.09. The van der Waals surface area contributed by atoms with Crippen molar-refractivity contribution in [2.75, 3.05) is 0 Å². The largest absolute Gasteiger partial charge is 0.0590 e. The highest BCUT2D eigenvalue weighted by Gasteiger charge is 2.05. The van der Waals surface area contributed by atoms with Gasteiger partial charge in [-0.1, -0.05) is 61.0 Å². The Labute approximate surface area is 97.9 Å². The van der Waals surface area contributed by atoms with Crippen molar-refractivity contribution in [3.63, 3.8) is 0 Å². The second-order valence-electron chi connectivity index (χ2n) is 4.42. The van der Waals surface area contributed by atoms with Gasteiger partial charge in [0.15, 0.2) is 0 Å². The smallest absolute Gasteiger partial charge is 0.0150 e. The number of hydrogen-bond donors (Lipinski definition) is 0. The predicted octanol–water partition coefficient (Wildman–Crippen LogP) is 4.14. The summed E-state index contributed by atoms with van der Waals surface area (Å²) in [5.74, 6) is 0.572. The van der Waals surface area contributed by atoms with Crippen molar-refractivity contribution < 1.29 is 0 Å². The monoisotopic (exact) mass is 209 g/mol. The maximum absolute atomic E-state index is 3.05. The molecule has 0 heterocycles. The molecule has 16 heavy (non-hydrogen) atoms. The van der Waals surface area contributed by atoms with Gasteiger partial charge in [-0.3, -0.25) is 0 Å². The number of aryl methyl sites for hydroxylation is 1. The highest BCUT2D eigenvalue weighted by molar-refractivity contribution is 5.26. The molecule has 1 atom stereocenters. The molecule has 2 aromatic rings. The van der Waals surface area contributed by atoms with Gasteiger partial charge < -0.3 is 0 Å². The molecule has 0 N–H and O–H groups in total. The van der Waals surface area contributed by atoms with Gasteiger partial charge in [0, 0.05) is 0 Å². The molecule has 81 valence electrons. The predicted molar refractivity (Wildman–Crippen MR) is 68.6 cm³/mol. The highest BCUT2D eigenvalue weighted by atomic mass is 14.1. The van der Waals surface area contributed by atoms with Crippen LogP contribution in [0.1, 0.15) is 29.5 Å². The van der Waals surface area contributed by atoms with Crippen molar-refractivity contribution in [1.82, 2.24) is 0 Å². The van der Waals surface area contributed by atoms with Crippen LogP contribution in [0.15, 0.2) is 48.5 Å². The van der Waals surface area contributed by atoms with E-state index in [1.54, 1.807) is 0 Å². The van der Waals surface area contributed by atoms with Gasteiger partial charge in [-0.05, 0) is 36.5 Å². The van der Waals surface area contributed by atoms with Gasteiger partial charge in [-0.15, -0.1) is 0 Å². The maximum atomic E-state index is 3.05. The summed E-state index contributed by atoms with van der Waals surface area (Å²) in [6.45, 7) is 4.41. The van der Waals surface area contributed by atoms with Gasteiger partial charge >= 0.3 is 0 Å². The molecule has 0 aromatic heterocycles. The number of rotatable bonds is 3. The van der Waals surface area contributed by atoms with Crippen LogP contribution in [0.25, 0.3) is 0 Å². The fraction of sp³-hybridized carbons (Fsp3) is 0.250. The van der Waals surface area contributed by atoms with E-state index in [4.69, 9.17) is 0 Å². The van der Waals surface area contributed by atoms with E-state index in [0.717, 1.165) is 6.42 Å². The lowest BCUT2D eigenvalue weighted by molar-refractivity contribution is 0.759. The maximum Gasteiger partial charge on any atom is -0.0150 e. The minimum Gasteiger partial charge on any atom is -0.0590 e. The Kier molecular flexibility index (Phi) is 3.40. The third kappa shape index (κ3) is 2.73. The van der Waals surface area contributed by atoms with E-state index in [0.29, 0.717) is 5.92 Å². The Morgan fingerprint density at radius 2 is 1.62 bits per heavy atom. The first kappa shape index (κ1) is 10.9. The van der Waals surface area contributed by atoms with E-state index < -0.39 is 0 Å². The van der Waals surface area contributed by atoms with Crippen molar-refractivity contribution in [1.29, 1.82) is 0 Å². The lowest BCUT2D eigenvalue weighted by Crippen LogP contribution is -1.98. The quantitative estimate of drug-likeness (QED) is 0.712. The van der Waals surface area contributed by atoms with Gasteiger partial charge in [0.05, 0.1) is 0 Å². The summed E-state index contributed by atoms with van der Waals surface area (Å²) in [4.78, 5) is 0. The molecule has 0 amide bonds. The standard InChI is InChI=1S/C16H17/c1-13-8-10-16(11-9-13)14(2)12-15-6-4-3-5-7-15/h4-11,14H,12H2,1-2H3. The second kappa shape index (κ2) is 4.98. The molecule has 0 aliphatic carbocycles. The molecule has 0 bridgehead atoms. The summed E-state index contributed by atoms with van der Waals surface area (Å²) in [6, 6.07) is 20.1. The first-order valence-corrected chi connectivity index (χ1v) is 5.77. The molecule has 0 saturated carbocycles. The molecule has 0 fully saturated rings. The zero-order chi connectivity index (χ0) is 11.4. The second-order valence-corrected chi connectivity index (χ2v) is 4.42. The normalized spacial score (nSPS) is 12.4. The Morgan fingerprint density at radius 1 is 1.00 bits per heavy atom. The Hall–Kier alpha value is -1.56. The van der Waals surface area contributed by atoms with Crippen molar-refractivity contribution in [3.05, 3.63) is 71.3 Å². The molecular weight excluding hydrogens is 192 g/mol. The van der Waals surface area contributed by atoms with Gasteiger partial charge in [-0.25, -0.2) is 0 Å². The van der Waals surface area contributed by atoms with Crippen molar-refractivity contribution in [3.8, 4) is 0 Å². The molecule has 0 heteroatoms. The minimum absolute atomic E-state index is 0.572. The van der Waals surface area contributed by atoms with Gasteiger partial charge in [0.2, 0.25) is 0 Å². The molecule has 2 aromatic carbocycles. The third-order valence-electron chi connectivity index (χ3n) is 2.98. The van der Waals surface area contributed by atoms with Crippen LogP contribution < -0.4 is 0 Å². The summed E-state index contributed by atoms with van der Waals surface area (Å²) in [7, 11) is 0. The van der Waals surface area contributed by atoms with Crippen molar-refractivity contribution in [2.24, 2.45) is 0 Å². The molecule has 0 aliphatic heterocycles. The molecule has 1 radical (unpaired) electrons. The molecule has 0 saturated heterocycles. The summed E-state index contributed by atoms with van der Waals surface area (Å²) in [5, 5.41) is 0. The van der Waals surface area contributed by atoms with Gasteiger partial charge in [0.25, 0.3) is 0 Å². The van der Waals surface area contributed by atoms with Crippen LogP contribution in [0.4, 0.5) is 0 Å². The fourth-order valence-electron chi connectivity index (χ4n) is 1.92.